The Morgan fingerprint density at radius 2 is 2.00 bits per heavy atom. The van der Waals surface area contributed by atoms with Gasteiger partial charge in [-0.2, -0.15) is 0 Å². The number of fused-ring (bicyclic) bond motifs is 4. The average molecular weight is 246 g/mol. The normalized spacial score (nSPS) is 41.1. The van der Waals surface area contributed by atoms with Gasteiger partial charge in [-0.05, 0) is 11.9 Å². The van der Waals surface area contributed by atoms with E-state index in [-0.39, 0.29) is 24.5 Å². The molecule has 0 aromatic heterocycles. The van der Waals surface area contributed by atoms with Crippen LogP contribution in [-0.2, 0) is 14.2 Å². The summed E-state index contributed by atoms with van der Waals surface area (Å²) in [5.74, 6) is 0.353. The lowest BCUT2D eigenvalue weighted by atomic mass is 9.49. The SMILES string of the molecule is OB(c1ccccc1)C1O[C@H]2[C@@H]3OC[C@H](C[C@H]12)O3. The fourth-order valence-corrected chi connectivity index (χ4v) is 3.23. The smallest absolute Gasteiger partial charge is 0.354 e. The summed E-state index contributed by atoms with van der Waals surface area (Å²) in [7, 11) is 0. The quantitative estimate of drug-likeness (QED) is 0.743. The minimum atomic E-state index is -0.551. The molecule has 3 aliphatic heterocycles. The Kier molecular flexibility index (Phi) is 2.48. The Morgan fingerprint density at radius 1 is 1.17 bits per heavy atom. The van der Waals surface area contributed by atoms with Crippen LogP contribution in [0.4, 0.5) is 0 Å². The highest BCUT2D eigenvalue weighted by atomic mass is 16.7. The van der Waals surface area contributed by atoms with Gasteiger partial charge in [0.1, 0.15) is 6.10 Å². The van der Waals surface area contributed by atoms with Crippen molar-refractivity contribution in [3.63, 3.8) is 0 Å². The van der Waals surface area contributed by atoms with Crippen molar-refractivity contribution in [1.82, 2.24) is 0 Å². The second-order valence-corrected chi connectivity index (χ2v) is 5.28. The topological polar surface area (TPSA) is 47.9 Å². The van der Waals surface area contributed by atoms with E-state index < -0.39 is 6.92 Å². The van der Waals surface area contributed by atoms with Crippen molar-refractivity contribution >= 4 is 12.4 Å². The molecule has 3 fully saturated rings. The van der Waals surface area contributed by atoms with E-state index >= 15 is 0 Å². The molecule has 1 unspecified atom stereocenters. The second-order valence-electron chi connectivity index (χ2n) is 5.28. The summed E-state index contributed by atoms with van der Waals surface area (Å²) in [5, 5.41) is 10.4. The molecule has 2 bridgehead atoms. The Hall–Kier alpha value is -0.875. The predicted octanol–water partition coefficient (Wildman–Crippen LogP) is -0.0546. The first-order chi connectivity index (χ1) is 8.83. The van der Waals surface area contributed by atoms with Crippen LogP contribution < -0.4 is 5.46 Å². The van der Waals surface area contributed by atoms with Crippen LogP contribution in [0.5, 0.6) is 0 Å². The zero-order valence-corrected chi connectivity index (χ0v) is 9.94. The van der Waals surface area contributed by atoms with E-state index in [1.54, 1.807) is 0 Å². The van der Waals surface area contributed by atoms with Crippen LogP contribution in [0.1, 0.15) is 6.42 Å². The lowest BCUT2D eigenvalue weighted by molar-refractivity contribution is -0.276. The summed E-state index contributed by atoms with van der Waals surface area (Å²) in [4.78, 5) is 0. The summed E-state index contributed by atoms with van der Waals surface area (Å²) < 4.78 is 16.9. The Bertz CT molecular complexity index is 440. The first kappa shape index (κ1) is 11.0. The van der Waals surface area contributed by atoms with Gasteiger partial charge in [0.2, 0.25) is 0 Å². The molecule has 3 heterocycles. The van der Waals surface area contributed by atoms with Gasteiger partial charge in [0, 0.05) is 5.92 Å². The van der Waals surface area contributed by atoms with Gasteiger partial charge in [-0.3, -0.25) is 0 Å². The molecule has 4 rings (SSSR count). The standard InChI is InChI=1S/C13H15BO4/c15-14(8-4-2-1-3-5-8)12-10-6-9-7-16-13(17-9)11(10)18-12/h1-5,9-13,15H,6-7H2/t9-,10-,11+,12?,13+/m0/s1. The van der Waals surface area contributed by atoms with Gasteiger partial charge in [-0.25, -0.2) is 0 Å². The molecule has 94 valence electrons. The Labute approximate surface area is 106 Å². The number of ether oxygens (including phenoxy) is 3. The Morgan fingerprint density at radius 3 is 2.83 bits per heavy atom. The van der Waals surface area contributed by atoms with Crippen molar-refractivity contribution < 1.29 is 19.2 Å². The van der Waals surface area contributed by atoms with Crippen molar-refractivity contribution in [3.8, 4) is 0 Å². The molecule has 0 saturated carbocycles. The van der Waals surface area contributed by atoms with Crippen LogP contribution in [0.3, 0.4) is 0 Å². The van der Waals surface area contributed by atoms with Crippen LogP contribution in [0, 0.1) is 5.92 Å². The molecule has 1 aromatic rings. The van der Waals surface area contributed by atoms with Gasteiger partial charge < -0.3 is 19.2 Å². The van der Waals surface area contributed by atoms with E-state index in [0.29, 0.717) is 12.5 Å². The first-order valence-corrected chi connectivity index (χ1v) is 6.48. The third kappa shape index (κ3) is 1.55. The van der Waals surface area contributed by atoms with Gasteiger partial charge in [0.25, 0.3) is 0 Å². The summed E-state index contributed by atoms with van der Waals surface area (Å²) in [6.07, 6.45) is 0.904. The third-order valence-electron chi connectivity index (χ3n) is 4.19. The molecule has 0 amide bonds. The molecular formula is C13H15BO4. The Balaban J connectivity index is 1.51. The minimum Gasteiger partial charge on any atom is -0.445 e. The molecule has 3 saturated heterocycles. The van der Waals surface area contributed by atoms with Crippen LogP contribution in [-0.4, -0.2) is 43.0 Å². The van der Waals surface area contributed by atoms with Crippen molar-refractivity contribution in [2.45, 2.75) is 30.9 Å². The van der Waals surface area contributed by atoms with Crippen LogP contribution >= 0.6 is 0 Å². The molecule has 3 aliphatic rings. The maximum Gasteiger partial charge on any atom is 0.354 e. The fourth-order valence-electron chi connectivity index (χ4n) is 3.23. The van der Waals surface area contributed by atoms with Crippen LogP contribution in [0.2, 0.25) is 0 Å². The molecule has 4 nitrogen and oxygen atoms in total. The second kappa shape index (κ2) is 4.06. The summed E-state index contributed by atoms with van der Waals surface area (Å²) in [5.41, 5.74) is 0.917. The highest BCUT2D eigenvalue weighted by Crippen LogP contribution is 2.44. The molecule has 0 radical (unpaired) electrons. The summed E-state index contributed by atoms with van der Waals surface area (Å²) in [6.45, 7) is 0.111. The van der Waals surface area contributed by atoms with Crippen molar-refractivity contribution in [2.24, 2.45) is 5.92 Å². The molecule has 1 aromatic carbocycles. The number of hydrogen-bond acceptors (Lipinski definition) is 4. The minimum absolute atomic E-state index is 0.00659. The lowest BCUT2D eigenvalue weighted by Crippen LogP contribution is -2.65. The maximum absolute atomic E-state index is 10.4. The first-order valence-electron chi connectivity index (χ1n) is 6.48. The highest BCUT2D eigenvalue weighted by Gasteiger charge is 2.58. The van der Waals surface area contributed by atoms with Gasteiger partial charge in [0.05, 0.1) is 18.7 Å². The fraction of sp³-hybridized carbons (Fsp3) is 0.538. The largest absolute Gasteiger partial charge is 0.445 e. The monoisotopic (exact) mass is 246 g/mol. The van der Waals surface area contributed by atoms with Gasteiger partial charge in [-0.1, -0.05) is 30.3 Å². The van der Waals surface area contributed by atoms with Gasteiger partial charge in [-0.15, -0.1) is 0 Å². The molecule has 0 aliphatic carbocycles. The molecule has 5 heteroatoms. The van der Waals surface area contributed by atoms with Crippen LogP contribution in [0.15, 0.2) is 30.3 Å². The lowest BCUT2D eigenvalue weighted by Gasteiger charge is -2.50. The maximum atomic E-state index is 10.4. The molecule has 5 atom stereocenters. The highest BCUT2D eigenvalue weighted by molar-refractivity contribution is 6.67. The summed E-state index contributed by atoms with van der Waals surface area (Å²) >= 11 is 0. The van der Waals surface area contributed by atoms with Crippen molar-refractivity contribution in [1.29, 1.82) is 0 Å². The average Bonchev–Trinajstić information content (AvgIpc) is 2.79. The predicted molar refractivity (Wildman–Crippen MR) is 65.4 cm³/mol. The number of rotatable bonds is 2. The zero-order chi connectivity index (χ0) is 12.1. The number of benzene rings is 1. The van der Waals surface area contributed by atoms with Gasteiger partial charge in [0.15, 0.2) is 6.29 Å². The van der Waals surface area contributed by atoms with Crippen molar-refractivity contribution in [2.75, 3.05) is 6.61 Å². The third-order valence-corrected chi connectivity index (χ3v) is 4.19. The van der Waals surface area contributed by atoms with E-state index in [9.17, 15) is 5.02 Å². The number of hydrogen-bond donors (Lipinski definition) is 1. The van der Waals surface area contributed by atoms with E-state index in [4.69, 9.17) is 14.2 Å². The van der Waals surface area contributed by atoms with Crippen molar-refractivity contribution in [3.05, 3.63) is 30.3 Å². The van der Waals surface area contributed by atoms with E-state index in [1.165, 1.54) is 0 Å². The zero-order valence-electron chi connectivity index (χ0n) is 9.94. The van der Waals surface area contributed by atoms with Gasteiger partial charge >= 0.3 is 6.92 Å². The molecular weight excluding hydrogens is 231 g/mol. The van der Waals surface area contributed by atoms with E-state index in [1.807, 2.05) is 30.3 Å². The molecule has 18 heavy (non-hydrogen) atoms. The van der Waals surface area contributed by atoms with E-state index in [2.05, 4.69) is 0 Å². The molecule has 0 spiro atoms. The summed E-state index contributed by atoms with van der Waals surface area (Å²) in [6, 6.07) is 9.57. The van der Waals surface area contributed by atoms with Crippen LogP contribution in [0.25, 0.3) is 0 Å². The molecule has 1 N–H and O–H groups in total. The van der Waals surface area contributed by atoms with E-state index in [0.717, 1.165) is 11.9 Å².